The van der Waals surface area contributed by atoms with Gasteiger partial charge >= 0.3 is 6.01 Å². The molecule has 1 aliphatic heterocycles. The molecule has 8 nitrogen and oxygen atoms in total. The highest BCUT2D eigenvalue weighted by atomic mass is 19.1. The monoisotopic (exact) mass is 405 g/mol. The maximum absolute atomic E-state index is 13.1. The summed E-state index contributed by atoms with van der Waals surface area (Å²) in [6.45, 7) is 0.679. The number of aromatic nitrogens is 3. The summed E-state index contributed by atoms with van der Waals surface area (Å²) in [5.74, 6) is 1.97. The van der Waals surface area contributed by atoms with Gasteiger partial charge in [0.25, 0.3) is 5.89 Å². The van der Waals surface area contributed by atoms with Gasteiger partial charge in [-0.2, -0.15) is 0 Å². The van der Waals surface area contributed by atoms with Crippen LogP contribution in [-0.2, 0) is 6.54 Å². The number of halogens is 1. The van der Waals surface area contributed by atoms with Crippen molar-refractivity contribution >= 4 is 17.5 Å². The van der Waals surface area contributed by atoms with Crippen LogP contribution >= 0.6 is 0 Å². The molecule has 150 valence electrons. The molecule has 0 radical (unpaired) electrons. The summed E-state index contributed by atoms with van der Waals surface area (Å²) < 4.78 is 29.5. The lowest BCUT2D eigenvalue weighted by atomic mass is 10.2. The lowest BCUT2D eigenvalue weighted by molar-refractivity contribution is 0.174. The quantitative estimate of drug-likeness (QED) is 0.489. The van der Waals surface area contributed by atoms with Crippen molar-refractivity contribution in [1.82, 2.24) is 15.2 Å². The number of nitrogens with one attached hydrogen (secondary N) is 2. The third kappa shape index (κ3) is 3.72. The molecule has 2 aromatic heterocycles. The van der Waals surface area contributed by atoms with E-state index in [1.54, 1.807) is 36.5 Å². The normalized spacial score (nSPS) is 12.0. The molecule has 0 atom stereocenters. The fourth-order valence-electron chi connectivity index (χ4n) is 2.99. The number of hydrogen-bond donors (Lipinski definition) is 2. The first kappa shape index (κ1) is 17.9. The van der Waals surface area contributed by atoms with E-state index >= 15 is 0 Å². The summed E-state index contributed by atoms with van der Waals surface area (Å²) in [4.78, 5) is 4.36. The predicted molar refractivity (Wildman–Crippen MR) is 107 cm³/mol. The van der Waals surface area contributed by atoms with Gasteiger partial charge in [-0.25, -0.2) is 9.37 Å². The van der Waals surface area contributed by atoms with E-state index in [1.807, 2.05) is 12.1 Å². The van der Waals surface area contributed by atoms with Crippen molar-refractivity contribution in [2.75, 3.05) is 17.4 Å². The smallest absolute Gasteiger partial charge is 0.320 e. The first-order chi connectivity index (χ1) is 14.7. The van der Waals surface area contributed by atoms with Gasteiger partial charge in [-0.05, 0) is 42.0 Å². The summed E-state index contributed by atoms with van der Waals surface area (Å²) in [7, 11) is 0. The van der Waals surface area contributed by atoms with E-state index in [1.165, 1.54) is 12.1 Å². The topological polar surface area (TPSA) is 94.3 Å². The average Bonchev–Trinajstić information content (AvgIpc) is 3.43. The van der Waals surface area contributed by atoms with Gasteiger partial charge in [0.2, 0.25) is 6.79 Å². The van der Waals surface area contributed by atoms with E-state index in [4.69, 9.17) is 13.9 Å². The molecule has 0 spiro atoms. The Morgan fingerprint density at radius 3 is 2.73 bits per heavy atom. The summed E-state index contributed by atoms with van der Waals surface area (Å²) >= 11 is 0. The van der Waals surface area contributed by atoms with Gasteiger partial charge in [-0.15, -0.1) is 5.10 Å². The van der Waals surface area contributed by atoms with Crippen molar-refractivity contribution in [1.29, 1.82) is 0 Å². The van der Waals surface area contributed by atoms with Crippen molar-refractivity contribution in [3.8, 4) is 23.0 Å². The number of ether oxygens (including phenoxy) is 2. The standard InChI is InChI=1S/C21H16FN5O3/c22-14-5-3-13(4-6-14)11-24-19-16(2-1-9-23-19)20-26-27-21(30-20)25-15-7-8-17-18(10-15)29-12-28-17/h1-10H,11-12H2,(H,23,24)(H,25,27). The molecule has 1 aliphatic rings. The molecule has 0 unspecified atom stereocenters. The largest absolute Gasteiger partial charge is 0.454 e. The molecule has 0 bridgehead atoms. The van der Waals surface area contributed by atoms with Gasteiger partial charge in [-0.3, -0.25) is 0 Å². The lowest BCUT2D eigenvalue weighted by Gasteiger charge is -2.08. The van der Waals surface area contributed by atoms with Gasteiger partial charge < -0.3 is 24.5 Å². The van der Waals surface area contributed by atoms with Gasteiger partial charge in [0.15, 0.2) is 11.5 Å². The number of nitrogens with zero attached hydrogens (tertiary/aromatic N) is 3. The van der Waals surface area contributed by atoms with Crippen LogP contribution in [0.5, 0.6) is 11.5 Å². The van der Waals surface area contributed by atoms with Crippen LogP contribution in [0.25, 0.3) is 11.5 Å². The van der Waals surface area contributed by atoms with Crippen molar-refractivity contribution in [3.63, 3.8) is 0 Å². The van der Waals surface area contributed by atoms with Crippen LogP contribution in [0.15, 0.2) is 65.2 Å². The molecule has 4 aromatic rings. The van der Waals surface area contributed by atoms with E-state index in [0.29, 0.717) is 35.3 Å². The minimum atomic E-state index is -0.273. The second-order valence-corrected chi connectivity index (χ2v) is 6.48. The van der Waals surface area contributed by atoms with Crippen molar-refractivity contribution in [3.05, 3.63) is 72.2 Å². The number of benzene rings is 2. The van der Waals surface area contributed by atoms with Crippen LogP contribution in [0.1, 0.15) is 5.56 Å². The summed E-state index contributed by atoms with van der Waals surface area (Å²) in [5.41, 5.74) is 2.31. The molecule has 0 aliphatic carbocycles. The lowest BCUT2D eigenvalue weighted by Crippen LogP contribution is -2.03. The van der Waals surface area contributed by atoms with Crippen molar-refractivity contribution in [2.24, 2.45) is 0 Å². The first-order valence-electron chi connectivity index (χ1n) is 9.18. The van der Waals surface area contributed by atoms with Crippen molar-refractivity contribution < 1.29 is 18.3 Å². The Morgan fingerprint density at radius 1 is 0.967 bits per heavy atom. The highest BCUT2D eigenvalue weighted by Crippen LogP contribution is 2.35. The first-order valence-corrected chi connectivity index (χ1v) is 9.18. The Balaban J connectivity index is 1.32. The minimum Gasteiger partial charge on any atom is -0.454 e. The number of hydrogen-bond acceptors (Lipinski definition) is 8. The minimum absolute atomic E-state index is 0.207. The SMILES string of the molecule is Fc1ccc(CNc2ncccc2-c2nnc(Nc3ccc4c(c3)OCO4)o2)cc1. The number of pyridine rings is 1. The maximum atomic E-state index is 13.1. The third-order valence-electron chi connectivity index (χ3n) is 4.46. The van der Waals surface area contributed by atoms with Crippen molar-refractivity contribution in [2.45, 2.75) is 6.54 Å². The molecule has 0 saturated heterocycles. The highest BCUT2D eigenvalue weighted by Gasteiger charge is 2.16. The summed E-state index contributed by atoms with van der Waals surface area (Å²) in [6.07, 6.45) is 1.67. The molecule has 2 aromatic carbocycles. The molecule has 3 heterocycles. The van der Waals surface area contributed by atoms with Crippen LogP contribution in [-0.4, -0.2) is 22.0 Å². The van der Waals surface area contributed by atoms with Crippen LogP contribution in [0.4, 0.5) is 21.9 Å². The molecule has 30 heavy (non-hydrogen) atoms. The summed E-state index contributed by atoms with van der Waals surface area (Å²) in [6, 6.07) is 15.5. The molecule has 0 saturated carbocycles. The molecule has 0 amide bonds. The molecule has 5 rings (SSSR count). The summed E-state index contributed by atoms with van der Waals surface area (Å²) in [5, 5.41) is 14.4. The predicted octanol–water partition coefficient (Wildman–Crippen LogP) is 4.36. The second kappa shape index (κ2) is 7.70. The third-order valence-corrected chi connectivity index (χ3v) is 4.46. The zero-order chi connectivity index (χ0) is 20.3. The van der Waals surface area contributed by atoms with E-state index in [9.17, 15) is 4.39 Å². The number of anilines is 3. The van der Waals surface area contributed by atoms with Gasteiger partial charge in [0.1, 0.15) is 11.6 Å². The van der Waals surface area contributed by atoms with Crippen LogP contribution in [0.2, 0.25) is 0 Å². The molecule has 0 fully saturated rings. The number of fused-ring (bicyclic) bond motifs is 1. The molecule has 2 N–H and O–H groups in total. The van der Waals surface area contributed by atoms with Gasteiger partial charge in [0, 0.05) is 24.5 Å². The fraction of sp³-hybridized carbons (Fsp3) is 0.0952. The van der Waals surface area contributed by atoms with Gasteiger partial charge in [0.05, 0.1) is 5.56 Å². The Hall–Kier alpha value is -4.14. The van der Waals surface area contributed by atoms with E-state index < -0.39 is 0 Å². The number of rotatable bonds is 6. The maximum Gasteiger partial charge on any atom is 0.320 e. The zero-order valence-electron chi connectivity index (χ0n) is 15.6. The Morgan fingerprint density at radius 2 is 1.83 bits per heavy atom. The van der Waals surface area contributed by atoms with E-state index in [2.05, 4.69) is 25.8 Å². The average molecular weight is 405 g/mol. The van der Waals surface area contributed by atoms with E-state index in [0.717, 1.165) is 11.3 Å². The molecular weight excluding hydrogens is 389 g/mol. The van der Waals surface area contributed by atoms with Gasteiger partial charge in [-0.1, -0.05) is 17.2 Å². The Kier molecular flexibility index (Phi) is 4.60. The molecule has 9 heteroatoms. The highest BCUT2D eigenvalue weighted by molar-refractivity contribution is 5.69. The second-order valence-electron chi connectivity index (χ2n) is 6.48. The van der Waals surface area contributed by atoms with E-state index in [-0.39, 0.29) is 18.6 Å². The Labute approximate surface area is 170 Å². The van der Waals surface area contributed by atoms with Crippen LogP contribution < -0.4 is 20.1 Å². The molecular formula is C21H16FN5O3. The van der Waals surface area contributed by atoms with Crippen LogP contribution in [0, 0.1) is 5.82 Å². The fourth-order valence-corrected chi connectivity index (χ4v) is 2.99. The zero-order valence-corrected chi connectivity index (χ0v) is 15.6. The Bertz CT molecular complexity index is 1180. The van der Waals surface area contributed by atoms with Crippen LogP contribution in [0.3, 0.4) is 0 Å².